The minimum atomic E-state index is -3.56. The molecule has 0 aliphatic carbocycles. The second-order valence-electron chi connectivity index (χ2n) is 4.10. The summed E-state index contributed by atoms with van der Waals surface area (Å²) in [5.74, 6) is -1.42. The zero-order chi connectivity index (χ0) is 16.0. The number of benzene rings is 1. The zero-order valence-electron chi connectivity index (χ0n) is 10.8. The molecule has 10 heteroatoms. The normalized spacial score (nSPS) is 11.0. The van der Waals surface area contributed by atoms with E-state index in [0.717, 1.165) is 0 Å². The van der Waals surface area contributed by atoms with E-state index in [9.17, 15) is 18.0 Å². The fourth-order valence-corrected chi connectivity index (χ4v) is 2.36. The molecule has 0 heterocycles. The third-order valence-electron chi connectivity index (χ3n) is 2.35. The molecule has 5 N–H and O–H groups in total. The van der Waals surface area contributed by atoms with Crippen LogP contribution in [0.25, 0.3) is 0 Å². The van der Waals surface area contributed by atoms with Crippen molar-refractivity contribution in [3.63, 3.8) is 0 Å². The third-order valence-corrected chi connectivity index (χ3v) is 3.70. The van der Waals surface area contributed by atoms with E-state index < -0.39 is 22.0 Å². The van der Waals surface area contributed by atoms with Gasteiger partial charge in [-0.2, -0.15) is 0 Å². The average Bonchev–Trinajstić information content (AvgIpc) is 2.33. The van der Waals surface area contributed by atoms with Gasteiger partial charge in [0.25, 0.3) is 0 Å². The fraction of sp³-hybridized carbons (Fsp3) is 0.273. The number of carbonyl (C=O) groups excluding carboxylic acids is 1. The average molecular weight is 380 g/mol. The molecule has 1 rings (SSSR count). The van der Waals surface area contributed by atoms with E-state index in [2.05, 4.69) is 26.6 Å². The minimum Gasteiger partial charge on any atom is -0.478 e. The maximum absolute atomic E-state index is 11.6. The lowest BCUT2D eigenvalue weighted by Crippen LogP contribution is -2.31. The van der Waals surface area contributed by atoms with Crippen LogP contribution in [0.4, 0.5) is 10.5 Å². The Labute approximate surface area is 129 Å². The Balaban J connectivity index is 2.59. The van der Waals surface area contributed by atoms with Gasteiger partial charge in [-0.15, -0.1) is 0 Å². The maximum atomic E-state index is 11.6. The third kappa shape index (κ3) is 6.56. The Hall–Kier alpha value is -1.65. The number of hydrogen-bond donors (Lipinski definition) is 4. The van der Waals surface area contributed by atoms with Crippen LogP contribution >= 0.6 is 15.9 Å². The predicted molar refractivity (Wildman–Crippen MR) is 80.7 cm³/mol. The number of aromatic carboxylic acids is 1. The largest absolute Gasteiger partial charge is 0.478 e. The molecule has 8 nitrogen and oxygen atoms in total. The number of sulfonamides is 1. The van der Waals surface area contributed by atoms with Crippen molar-refractivity contribution >= 4 is 43.6 Å². The second kappa shape index (κ2) is 7.38. The van der Waals surface area contributed by atoms with Crippen LogP contribution in [0.1, 0.15) is 16.8 Å². The van der Waals surface area contributed by atoms with E-state index >= 15 is 0 Å². The predicted octanol–water partition coefficient (Wildman–Crippen LogP) is 0.947. The summed E-state index contributed by atoms with van der Waals surface area (Å²) in [7, 11) is -3.56. The van der Waals surface area contributed by atoms with Crippen LogP contribution in [-0.4, -0.2) is 37.8 Å². The smallest absolute Gasteiger partial charge is 0.337 e. The highest BCUT2D eigenvalue weighted by molar-refractivity contribution is 9.10. The molecule has 116 valence electrons. The summed E-state index contributed by atoms with van der Waals surface area (Å²) in [6.07, 6.45) is 0.163. The highest BCUT2D eigenvalue weighted by Crippen LogP contribution is 2.21. The summed E-state index contributed by atoms with van der Waals surface area (Å²) in [6.45, 7) is 0.0959. The number of carbonyl (C=O) groups is 2. The molecule has 2 amide bonds. The number of anilines is 1. The van der Waals surface area contributed by atoms with Crippen molar-refractivity contribution in [2.45, 2.75) is 6.42 Å². The molecule has 0 bridgehead atoms. The van der Waals surface area contributed by atoms with E-state index in [4.69, 9.17) is 10.2 Å². The summed E-state index contributed by atoms with van der Waals surface area (Å²) < 4.78 is 22.0. The first-order chi connectivity index (χ1) is 9.69. The van der Waals surface area contributed by atoms with Crippen LogP contribution < -0.4 is 15.8 Å². The topological polar surface area (TPSA) is 139 Å². The van der Waals surface area contributed by atoms with Gasteiger partial charge in [-0.1, -0.05) is 15.9 Å². The molecule has 0 aromatic heterocycles. The summed E-state index contributed by atoms with van der Waals surface area (Å²) in [5, 5.41) is 18.6. The van der Waals surface area contributed by atoms with Crippen molar-refractivity contribution in [3.05, 3.63) is 28.2 Å². The molecule has 0 saturated heterocycles. The molecule has 1 aromatic carbocycles. The van der Waals surface area contributed by atoms with Gasteiger partial charge in [0.1, 0.15) is 0 Å². The van der Waals surface area contributed by atoms with Gasteiger partial charge in [-0.3, -0.25) is 0 Å². The number of nitrogens with two attached hydrogens (primary N) is 1. The number of carboxylic acids is 1. The molecule has 1 aromatic rings. The fourth-order valence-electron chi connectivity index (χ4n) is 1.45. The van der Waals surface area contributed by atoms with E-state index in [0.29, 0.717) is 4.47 Å². The first kappa shape index (κ1) is 17.4. The number of primary sulfonamides is 1. The summed E-state index contributed by atoms with van der Waals surface area (Å²) in [4.78, 5) is 22.6. The van der Waals surface area contributed by atoms with E-state index in [-0.39, 0.29) is 30.0 Å². The Morgan fingerprint density at radius 1 is 1.33 bits per heavy atom. The number of nitrogens with one attached hydrogen (secondary N) is 2. The van der Waals surface area contributed by atoms with Crippen molar-refractivity contribution in [1.82, 2.24) is 5.32 Å². The second-order valence-corrected chi connectivity index (χ2v) is 6.75. The lowest BCUT2D eigenvalue weighted by molar-refractivity contribution is 0.0698. The molecule has 0 aliphatic heterocycles. The Morgan fingerprint density at radius 2 is 2.00 bits per heavy atom. The van der Waals surface area contributed by atoms with Crippen molar-refractivity contribution < 1.29 is 23.1 Å². The number of carboxylic acid groups (broad SMARTS) is 1. The molecule has 0 aliphatic rings. The quantitative estimate of drug-likeness (QED) is 0.544. The van der Waals surface area contributed by atoms with E-state index in [1.165, 1.54) is 12.1 Å². The van der Waals surface area contributed by atoms with Crippen LogP contribution in [0.15, 0.2) is 22.7 Å². The maximum Gasteiger partial charge on any atom is 0.337 e. The number of hydrogen-bond acceptors (Lipinski definition) is 4. The minimum absolute atomic E-state index is 0.0575. The first-order valence-corrected chi connectivity index (χ1v) is 8.28. The zero-order valence-corrected chi connectivity index (χ0v) is 13.2. The molecule has 21 heavy (non-hydrogen) atoms. The summed E-state index contributed by atoms with van der Waals surface area (Å²) in [5.41, 5.74) is 0.0682. The summed E-state index contributed by atoms with van der Waals surface area (Å²) in [6, 6.07) is 3.71. The van der Waals surface area contributed by atoms with E-state index in [1.54, 1.807) is 6.07 Å². The Kier molecular flexibility index (Phi) is 6.12. The lowest BCUT2D eigenvalue weighted by atomic mass is 10.2. The van der Waals surface area contributed by atoms with Gasteiger partial charge >= 0.3 is 12.0 Å². The van der Waals surface area contributed by atoms with Crippen molar-refractivity contribution in [3.8, 4) is 0 Å². The molecular formula is C11H14BrN3O5S. The number of amides is 2. The van der Waals surface area contributed by atoms with Gasteiger partial charge in [0.2, 0.25) is 10.0 Å². The van der Waals surface area contributed by atoms with Gasteiger partial charge in [0.05, 0.1) is 17.0 Å². The molecule has 0 radical (unpaired) electrons. The van der Waals surface area contributed by atoms with Gasteiger partial charge in [0, 0.05) is 11.0 Å². The van der Waals surface area contributed by atoms with E-state index in [1.807, 2.05) is 0 Å². The number of urea groups is 1. The van der Waals surface area contributed by atoms with Gasteiger partial charge in [0.15, 0.2) is 0 Å². The number of halogens is 1. The lowest BCUT2D eigenvalue weighted by Gasteiger charge is -2.10. The van der Waals surface area contributed by atoms with Crippen molar-refractivity contribution in [2.24, 2.45) is 5.14 Å². The summed E-state index contributed by atoms with van der Waals surface area (Å²) >= 11 is 3.18. The standard InChI is InChI=1S/C11H14BrN3O5S/c12-7-2-3-8(10(16)17)9(6-7)15-11(18)14-4-1-5-21(13,19)20/h2-3,6H,1,4-5H2,(H,16,17)(H2,13,19,20)(H2,14,15,18). The Morgan fingerprint density at radius 3 is 2.57 bits per heavy atom. The van der Waals surface area contributed by atoms with Crippen LogP contribution in [0.2, 0.25) is 0 Å². The van der Waals surface area contributed by atoms with Gasteiger partial charge in [-0.25, -0.2) is 23.1 Å². The molecule has 0 unspecified atom stereocenters. The highest BCUT2D eigenvalue weighted by Gasteiger charge is 2.12. The van der Waals surface area contributed by atoms with Crippen LogP contribution in [0, 0.1) is 0 Å². The molecule has 0 atom stereocenters. The van der Waals surface area contributed by atoms with Gasteiger partial charge < -0.3 is 15.7 Å². The van der Waals surface area contributed by atoms with Crippen molar-refractivity contribution in [2.75, 3.05) is 17.6 Å². The number of rotatable bonds is 6. The monoisotopic (exact) mass is 379 g/mol. The van der Waals surface area contributed by atoms with Crippen LogP contribution in [-0.2, 0) is 10.0 Å². The van der Waals surface area contributed by atoms with Crippen LogP contribution in [0.5, 0.6) is 0 Å². The molecule has 0 saturated carbocycles. The highest BCUT2D eigenvalue weighted by atomic mass is 79.9. The SMILES string of the molecule is NS(=O)(=O)CCCNC(=O)Nc1cc(Br)ccc1C(=O)O. The van der Waals surface area contributed by atoms with Crippen molar-refractivity contribution in [1.29, 1.82) is 0 Å². The molecular weight excluding hydrogens is 366 g/mol. The molecule has 0 fully saturated rings. The molecule has 0 spiro atoms. The Bertz CT molecular complexity index is 647. The van der Waals surface area contributed by atoms with Crippen LogP contribution in [0.3, 0.4) is 0 Å². The first-order valence-electron chi connectivity index (χ1n) is 5.77. The van der Waals surface area contributed by atoms with Gasteiger partial charge in [-0.05, 0) is 24.6 Å².